The first-order valence-electron chi connectivity index (χ1n) is 8.46. The van der Waals surface area contributed by atoms with Crippen molar-refractivity contribution in [2.24, 2.45) is 5.92 Å². The molecule has 1 aromatic carbocycles. The first kappa shape index (κ1) is 14.9. The molecule has 0 bridgehead atoms. The molecule has 0 saturated heterocycles. The van der Waals surface area contributed by atoms with Crippen LogP contribution in [0.2, 0.25) is 0 Å². The molecule has 0 aliphatic heterocycles. The molecule has 1 aliphatic carbocycles. The van der Waals surface area contributed by atoms with E-state index in [1.54, 1.807) is 0 Å². The summed E-state index contributed by atoms with van der Waals surface area (Å²) in [7, 11) is 0. The van der Waals surface area contributed by atoms with Gasteiger partial charge in [0.25, 0.3) is 0 Å². The average molecular weight is 323 g/mol. The first-order chi connectivity index (χ1) is 11.8. The normalized spacial score (nSPS) is 14.7. The summed E-state index contributed by atoms with van der Waals surface area (Å²) in [5.74, 6) is 2.88. The van der Waals surface area contributed by atoms with Crippen LogP contribution in [-0.4, -0.2) is 26.1 Å². The van der Waals surface area contributed by atoms with Crippen LogP contribution in [0.4, 0.5) is 5.82 Å². The molecule has 2 heterocycles. The van der Waals surface area contributed by atoms with E-state index in [-0.39, 0.29) is 0 Å². The van der Waals surface area contributed by atoms with E-state index in [0.717, 1.165) is 29.3 Å². The SMILES string of the molecule is CCOc1ccc(-c2nc3c(N)ncnc3n2CC2CCC2)cc1. The predicted octanol–water partition coefficient (Wildman–Crippen LogP) is 3.27. The fraction of sp³-hybridized carbons (Fsp3) is 0.389. The molecule has 6 nitrogen and oxygen atoms in total. The van der Waals surface area contributed by atoms with Crippen LogP contribution in [0.15, 0.2) is 30.6 Å². The molecule has 0 radical (unpaired) electrons. The van der Waals surface area contributed by atoms with Crippen molar-refractivity contribution in [3.05, 3.63) is 30.6 Å². The average Bonchev–Trinajstić information content (AvgIpc) is 2.92. The summed E-state index contributed by atoms with van der Waals surface area (Å²) >= 11 is 0. The van der Waals surface area contributed by atoms with Crippen molar-refractivity contribution in [1.29, 1.82) is 0 Å². The Bertz CT molecular complexity index is 852. The van der Waals surface area contributed by atoms with E-state index in [1.165, 1.54) is 25.6 Å². The number of imidazole rings is 1. The Balaban J connectivity index is 1.80. The second-order valence-corrected chi connectivity index (χ2v) is 6.23. The summed E-state index contributed by atoms with van der Waals surface area (Å²) in [5.41, 5.74) is 8.55. The molecule has 124 valence electrons. The molecule has 24 heavy (non-hydrogen) atoms. The van der Waals surface area contributed by atoms with Gasteiger partial charge < -0.3 is 15.0 Å². The minimum atomic E-state index is 0.430. The fourth-order valence-corrected chi connectivity index (χ4v) is 3.15. The number of benzene rings is 1. The van der Waals surface area contributed by atoms with Crippen LogP contribution in [0.25, 0.3) is 22.6 Å². The lowest BCUT2D eigenvalue weighted by Crippen LogP contribution is -2.18. The minimum Gasteiger partial charge on any atom is -0.494 e. The van der Waals surface area contributed by atoms with Crippen molar-refractivity contribution in [1.82, 2.24) is 19.5 Å². The number of nitrogens with zero attached hydrogens (tertiary/aromatic N) is 4. The summed E-state index contributed by atoms with van der Waals surface area (Å²) in [4.78, 5) is 13.3. The van der Waals surface area contributed by atoms with Crippen LogP contribution >= 0.6 is 0 Å². The van der Waals surface area contributed by atoms with Crippen LogP contribution in [0.1, 0.15) is 26.2 Å². The van der Waals surface area contributed by atoms with Gasteiger partial charge in [0.2, 0.25) is 0 Å². The molecule has 2 N–H and O–H groups in total. The highest BCUT2D eigenvalue weighted by atomic mass is 16.5. The number of ether oxygens (including phenoxy) is 1. The molecule has 0 unspecified atom stereocenters. The third-order valence-corrected chi connectivity index (χ3v) is 4.65. The third-order valence-electron chi connectivity index (χ3n) is 4.65. The maximum Gasteiger partial charge on any atom is 0.165 e. The van der Waals surface area contributed by atoms with E-state index in [2.05, 4.69) is 14.5 Å². The number of hydrogen-bond donors (Lipinski definition) is 1. The van der Waals surface area contributed by atoms with E-state index in [0.29, 0.717) is 23.9 Å². The second kappa shape index (κ2) is 6.11. The summed E-state index contributed by atoms with van der Waals surface area (Å²) < 4.78 is 7.71. The van der Waals surface area contributed by atoms with Crippen LogP contribution < -0.4 is 10.5 Å². The maximum absolute atomic E-state index is 6.01. The summed E-state index contributed by atoms with van der Waals surface area (Å²) in [6.07, 6.45) is 5.36. The van der Waals surface area contributed by atoms with Crippen molar-refractivity contribution < 1.29 is 4.74 Å². The van der Waals surface area contributed by atoms with E-state index in [1.807, 2.05) is 31.2 Å². The highest BCUT2D eigenvalue weighted by molar-refractivity contribution is 5.85. The number of hydrogen-bond acceptors (Lipinski definition) is 5. The van der Waals surface area contributed by atoms with Gasteiger partial charge in [-0.25, -0.2) is 15.0 Å². The molecular weight excluding hydrogens is 302 g/mol. The lowest BCUT2D eigenvalue weighted by molar-refractivity contribution is 0.280. The number of nitrogens with two attached hydrogens (primary N) is 1. The Labute approximate surface area is 140 Å². The summed E-state index contributed by atoms with van der Waals surface area (Å²) in [5, 5.41) is 0. The van der Waals surface area contributed by atoms with Gasteiger partial charge in [-0.3, -0.25) is 0 Å². The Morgan fingerprint density at radius 1 is 1.21 bits per heavy atom. The van der Waals surface area contributed by atoms with Gasteiger partial charge in [0.05, 0.1) is 6.61 Å². The van der Waals surface area contributed by atoms with Gasteiger partial charge in [0, 0.05) is 12.1 Å². The molecule has 6 heteroatoms. The molecule has 0 atom stereocenters. The van der Waals surface area contributed by atoms with Crippen LogP contribution in [0.5, 0.6) is 5.75 Å². The van der Waals surface area contributed by atoms with Gasteiger partial charge in [-0.1, -0.05) is 6.42 Å². The molecular formula is C18H21N5O. The van der Waals surface area contributed by atoms with Crippen LogP contribution in [0, 0.1) is 5.92 Å². The minimum absolute atomic E-state index is 0.430. The lowest BCUT2D eigenvalue weighted by atomic mass is 9.85. The monoisotopic (exact) mass is 323 g/mol. The molecule has 1 aliphatic rings. The Morgan fingerprint density at radius 3 is 2.67 bits per heavy atom. The highest BCUT2D eigenvalue weighted by Crippen LogP contribution is 2.33. The van der Waals surface area contributed by atoms with Crippen molar-refractivity contribution in [2.45, 2.75) is 32.7 Å². The molecule has 1 fully saturated rings. The quantitative estimate of drug-likeness (QED) is 0.779. The van der Waals surface area contributed by atoms with Crippen molar-refractivity contribution in [3.63, 3.8) is 0 Å². The van der Waals surface area contributed by atoms with Gasteiger partial charge in [-0.05, 0) is 49.9 Å². The predicted molar refractivity (Wildman–Crippen MR) is 93.7 cm³/mol. The number of rotatable bonds is 5. The zero-order valence-corrected chi connectivity index (χ0v) is 13.8. The smallest absolute Gasteiger partial charge is 0.165 e. The van der Waals surface area contributed by atoms with E-state index in [4.69, 9.17) is 15.5 Å². The summed E-state index contributed by atoms with van der Waals surface area (Å²) in [6, 6.07) is 8.02. The topological polar surface area (TPSA) is 78.8 Å². The van der Waals surface area contributed by atoms with Gasteiger partial charge in [0.1, 0.15) is 17.9 Å². The van der Waals surface area contributed by atoms with Gasteiger partial charge >= 0.3 is 0 Å². The van der Waals surface area contributed by atoms with Crippen molar-refractivity contribution in [3.8, 4) is 17.1 Å². The molecule has 4 rings (SSSR count). The lowest BCUT2D eigenvalue weighted by Gasteiger charge is -2.26. The molecule has 2 aromatic heterocycles. The van der Waals surface area contributed by atoms with Gasteiger partial charge in [0.15, 0.2) is 17.0 Å². The molecule has 0 spiro atoms. The second-order valence-electron chi connectivity index (χ2n) is 6.23. The van der Waals surface area contributed by atoms with Gasteiger partial charge in [-0.2, -0.15) is 0 Å². The molecule has 3 aromatic rings. The molecule has 0 amide bonds. The van der Waals surface area contributed by atoms with E-state index >= 15 is 0 Å². The molecule has 1 saturated carbocycles. The number of fused-ring (bicyclic) bond motifs is 1. The number of nitrogen functional groups attached to an aromatic ring is 1. The van der Waals surface area contributed by atoms with Crippen LogP contribution in [-0.2, 0) is 6.54 Å². The fourth-order valence-electron chi connectivity index (χ4n) is 3.15. The Morgan fingerprint density at radius 2 is 2.00 bits per heavy atom. The Kier molecular flexibility index (Phi) is 3.80. The Hall–Kier alpha value is -2.63. The first-order valence-corrected chi connectivity index (χ1v) is 8.46. The van der Waals surface area contributed by atoms with Crippen molar-refractivity contribution in [2.75, 3.05) is 12.3 Å². The van der Waals surface area contributed by atoms with E-state index in [9.17, 15) is 0 Å². The van der Waals surface area contributed by atoms with E-state index < -0.39 is 0 Å². The van der Waals surface area contributed by atoms with Gasteiger partial charge in [-0.15, -0.1) is 0 Å². The zero-order chi connectivity index (χ0) is 16.5. The van der Waals surface area contributed by atoms with Crippen molar-refractivity contribution >= 4 is 17.0 Å². The summed E-state index contributed by atoms with van der Waals surface area (Å²) in [6.45, 7) is 3.56. The largest absolute Gasteiger partial charge is 0.494 e. The third kappa shape index (κ3) is 2.58. The number of anilines is 1. The highest BCUT2D eigenvalue weighted by Gasteiger charge is 2.23. The number of aromatic nitrogens is 4. The maximum atomic E-state index is 6.01. The zero-order valence-electron chi connectivity index (χ0n) is 13.8. The van der Waals surface area contributed by atoms with Crippen LogP contribution in [0.3, 0.4) is 0 Å². The standard InChI is InChI=1S/C18H21N5O/c1-2-24-14-8-6-13(7-9-14)17-22-15-16(19)20-11-21-18(15)23(17)10-12-4-3-5-12/h6-9,11-12H,2-5,10H2,1H3,(H2,19,20,21).